The Morgan fingerprint density at radius 1 is 1.41 bits per heavy atom. The minimum Gasteiger partial charge on any atom is -0.480 e. The smallest absolute Gasteiger partial charge is 0.323 e. The van der Waals surface area contributed by atoms with E-state index in [0.717, 1.165) is 12.0 Å². The molecule has 2 atom stereocenters. The zero-order valence-electron chi connectivity index (χ0n) is 10.2. The third-order valence-electron chi connectivity index (χ3n) is 2.77. The van der Waals surface area contributed by atoms with E-state index in [1.54, 1.807) is 0 Å². The summed E-state index contributed by atoms with van der Waals surface area (Å²) in [5.41, 5.74) is 3.63. The molecule has 0 radical (unpaired) electrons. The van der Waals surface area contributed by atoms with Gasteiger partial charge in [-0.05, 0) is 11.5 Å². The molecular weight excluding hydrogens is 218 g/mol. The van der Waals surface area contributed by atoms with Crippen LogP contribution in [0.25, 0.3) is 0 Å². The van der Waals surface area contributed by atoms with Gasteiger partial charge in [-0.3, -0.25) is 9.63 Å². The number of hydroxylamine groups is 1. The fourth-order valence-electron chi connectivity index (χ4n) is 1.43. The van der Waals surface area contributed by atoms with Crippen LogP contribution >= 0.6 is 0 Å². The molecular formula is C13H19NO3. The predicted octanol–water partition coefficient (Wildman–Crippen LogP) is 2.21. The lowest BCUT2D eigenvalue weighted by molar-refractivity contribution is -0.146. The summed E-state index contributed by atoms with van der Waals surface area (Å²) in [5, 5.41) is 9.03. The third kappa shape index (κ3) is 4.54. The number of nitrogens with one attached hydrogen (secondary N) is 1. The van der Waals surface area contributed by atoms with Crippen molar-refractivity contribution in [2.24, 2.45) is 5.92 Å². The van der Waals surface area contributed by atoms with Gasteiger partial charge in [-0.15, -0.1) is 0 Å². The highest BCUT2D eigenvalue weighted by molar-refractivity contribution is 5.73. The first-order valence-corrected chi connectivity index (χ1v) is 5.79. The summed E-state index contributed by atoms with van der Waals surface area (Å²) >= 11 is 0. The largest absolute Gasteiger partial charge is 0.480 e. The van der Waals surface area contributed by atoms with Gasteiger partial charge in [0.25, 0.3) is 0 Å². The first kappa shape index (κ1) is 13.7. The molecule has 4 heteroatoms. The van der Waals surface area contributed by atoms with E-state index in [1.165, 1.54) is 0 Å². The first-order valence-electron chi connectivity index (χ1n) is 5.79. The topological polar surface area (TPSA) is 58.6 Å². The SMILES string of the molecule is CCC(C)C(NOCc1ccccc1)C(=O)O. The van der Waals surface area contributed by atoms with Crippen LogP contribution in [-0.2, 0) is 16.2 Å². The second-order valence-corrected chi connectivity index (χ2v) is 4.09. The van der Waals surface area contributed by atoms with Crippen molar-refractivity contribution in [1.82, 2.24) is 5.48 Å². The Hall–Kier alpha value is -1.39. The van der Waals surface area contributed by atoms with Crippen LogP contribution in [0.4, 0.5) is 0 Å². The molecule has 17 heavy (non-hydrogen) atoms. The van der Waals surface area contributed by atoms with Crippen LogP contribution in [0.15, 0.2) is 30.3 Å². The highest BCUT2D eigenvalue weighted by Gasteiger charge is 2.23. The van der Waals surface area contributed by atoms with Crippen LogP contribution in [-0.4, -0.2) is 17.1 Å². The maximum Gasteiger partial charge on any atom is 0.323 e. The zero-order chi connectivity index (χ0) is 12.7. The number of benzene rings is 1. The Morgan fingerprint density at radius 2 is 2.06 bits per heavy atom. The summed E-state index contributed by atoms with van der Waals surface area (Å²) in [6.07, 6.45) is 0.790. The van der Waals surface area contributed by atoms with Gasteiger partial charge in [-0.25, -0.2) is 0 Å². The van der Waals surface area contributed by atoms with Gasteiger partial charge in [-0.2, -0.15) is 5.48 Å². The molecule has 0 heterocycles. The van der Waals surface area contributed by atoms with E-state index in [9.17, 15) is 4.79 Å². The molecule has 0 saturated heterocycles. The monoisotopic (exact) mass is 237 g/mol. The number of aliphatic carboxylic acids is 1. The first-order chi connectivity index (χ1) is 8.15. The molecule has 0 aliphatic carbocycles. The van der Waals surface area contributed by atoms with Gasteiger partial charge in [0.05, 0.1) is 6.61 Å². The Labute approximate surface area is 102 Å². The molecule has 2 unspecified atom stereocenters. The Bertz CT molecular complexity index is 340. The highest BCUT2D eigenvalue weighted by atomic mass is 16.6. The summed E-state index contributed by atoms with van der Waals surface area (Å²) in [6.45, 7) is 4.21. The molecule has 0 amide bonds. The number of carboxylic acid groups (broad SMARTS) is 1. The molecule has 0 fully saturated rings. The van der Waals surface area contributed by atoms with Gasteiger partial charge >= 0.3 is 5.97 Å². The van der Waals surface area contributed by atoms with E-state index in [4.69, 9.17) is 9.94 Å². The van der Waals surface area contributed by atoms with Crippen molar-refractivity contribution in [3.63, 3.8) is 0 Å². The normalized spacial score (nSPS) is 14.2. The Morgan fingerprint density at radius 3 is 2.59 bits per heavy atom. The van der Waals surface area contributed by atoms with Crippen LogP contribution in [0.3, 0.4) is 0 Å². The van der Waals surface area contributed by atoms with E-state index >= 15 is 0 Å². The minimum atomic E-state index is -0.882. The van der Waals surface area contributed by atoms with E-state index in [1.807, 2.05) is 44.2 Å². The molecule has 0 saturated carbocycles. The van der Waals surface area contributed by atoms with Crippen molar-refractivity contribution in [3.8, 4) is 0 Å². The number of hydrogen-bond acceptors (Lipinski definition) is 3. The molecule has 0 aliphatic rings. The molecule has 1 rings (SSSR count). The standard InChI is InChI=1S/C13H19NO3/c1-3-10(2)12(13(15)16)14-17-9-11-7-5-4-6-8-11/h4-8,10,12,14H,3,9H2,1-2H3,(H,15,16). The van der Waals surface area contributed by atoms with Crippen molar-refractivity contribution in [3.05, 3.63) is 35.9 Å². The van der Waals surface area contributed by atoms with Crippen LogP contribution in [0.5, 0.6) is 0 Å². The van der Waals surface area contributed by atoms with E-state index in [0.29, 0.717) is 6.61 Å². The predicted molar refractivity (Wildman–Crippen MR) is 65.2 cm³/mol. The van der Waals surface area contributed by atoms with Gasteiger partial charge in [-0.1, -0.05) is 50.6 Å². The van der Waals surface area contributed by atoms with Gasteiger partial charge in [0.15, 0.2) is 0 Å². The maximum atomic E-state index is 11.0. The highest BCUT2D eigenvalue weighted by Crippen LogP contribution is 2.08. The van der Waals surface area contributed by atoms with E-state index < -0.39 is 12.0 Å². The molecule has 1 aromatic rings. The third-order valence-corrected chi connectivity index (χ3v) is 2.77. The van der Waals surface area contributed by atoms with Crippen molar-refractivity contribution < 1.29 is 14.7 Å². The molecule has 1 aromatic carbocycles. The lowest BCUT2D eigenvalue weighted by atomic mass is 10.0. The van der Waals surface area contributed by atoms with Crippen LogP contribution in [0.1, 0.15) is 25.8 Å². The molecule has 4 nitrogen and oxygen atoms in total. The number of carboxylic acids is 1. The van der Waals surface area contributed by atoms with Crippen molar-refractivity contribution >= 4 is 5.97 Å². The maximum absolute atomic E-state index is 11.0. The fourth-order valence-corrected chi connectivity index (χ4v) is 1.43. The summed E-state index contributed by atoms with van der Waals surface area (Å²) in [6, 6.07) is 8.96. The minimum absolute atomic E-state index is 0.0308. The molecule has 2 N–H and O–H groups in total. The Kier molecular flexibility index (Phi) is 5.66. The second-order valence-electron chi connectivity index (χ2n) is 4.09. The molecule has 0 aromatic heterocycles. The quantitative estimate of drug-likeness (QED) is 0.714. The summed E-state index contributed by atoms with van der Waals surface area (Å²) in [7, 11) is 0. The van der Waals surface area contributed by atoms with Gasteiger partial charge < -0.3 is 5.11 Å². The van der Waals surface area contributed by atoms with Crippen molar-refractivity contribution in [1.29, 1.82) is 0 Å². The molecule has 0 spiro atoms. The van der Waals surface area contributed by atoms with Crippen LogP contribution in [0.2, 0.25) is 0 Å². The van der Waals surface area contributed by atoms with Gasteiger partial charge in [0.2, 0.25) is 0 Å². The van der Waals surface area contributed by atoms with E-state index in [-0.39, 0.29) is 5.92 Å². The van der Waals surface area contributed by atoms with Crippen LogP contribution in [0, 0.1) is 5.92 Å². The second kappa shape index (κ2) is 7.04. The average molecular weight is 237 g/mol. The molecule has 0 bridgehead atoms. The van der Waals surface area contributed by atoms with Gasteiger partial charge in [0, 0.05) is 0 Å². The Balaban J connectivity index is 2.40. The van der Waals surface area contributed by atoms with Crippen LogP contribution < -0.4 is 5.48 Å². The lowest BCUT2D eigenvalue weighted by Crippen LogP contribution is -2.41. The fraction of sp³-hybridized carbons (Fsp3) is 0.462. The van der Waals surface area contributed by atoms with Gasteiger partial charge in [0.1, 0.15) is 6.04 Å². The van der Waals surface area contributed by atoms with Crippen molar-refractivity contribution in [2.45, 2.75) is 32.9 Å². The number of carbonyl (C=O) groups is 1. The summed E-state index contributed by atoms with van der Waals surface area (Å²) < 4.78 is 0. The number of rotatable bonds is 7. The summed E-state index contributed by atoms with van der Waals surface area (Å²) in [5.74, 6) is -0.851. The average Bonchev–Trinajstić information content (AvgIpc) is 2.34. The zero-order valence-corrected chi connectivity index (χ0v) is 10.2. The lowest BCUT2D eigenvalue weighted by Gasteiger charge is -2.19. The van der Waals surface area contributed by atoms with Crippen molar-refractivity contribution in [2.75, 3.05) is 0 Å². The number of hydrogen-bond donors (Lipinski definition) is 2. The molecule has 0 aliphatic heterocycles. The summed E-state index contributed by atoms with van der Waals surface area (Å²) in [4.78, 5) is 16.2. The molecule has 94 valence electrons. The van der Waals surface area contributed by atoms with E-state index in [2.05, 4.69) is 5.48 Å².